The van der Waals surface area contributed by atoms with Crippen molar-refractivity contribution in [3.05, 3.63) is 29.3 Å². The second-order valence-electron chi connectivity index (χ2n) is 5.04. The van der Waals surface area contributed by atoms with E-state index in [1.54, 1.807) is 7.05 Å². The lowest BCUT2D eigenvalue weighted by Crippen LogP contribution is -2.37. The van der Waals surface area contributed by atoms with Gasteiger partial charge in [-0.1, -0.05) is 12.1 Å². The molecular weight excluding hydrogens is 286 g/mol. The Kier molecular flexibility index (Phi) is 3.43. The third kappa shape index (κ3) is 2.30. The molecule has 1 amide bonds. The van der Waals surface area contributed by atoms with Crippen LogP contribution >= 0.6 is 11.3 Å². The molecule has 0 N–H and O–H groups in total. The molecule has 2 aromatic rings. The van der Waals surface area contributed by atoms with Gasteiger partial charge in [0, 0.05) is 13.5 Å². The molecule has 106 valence electrons. The van der Waals surface area contributed by atoms with Gasteiger partial charge in [-0.2, -0.15) is 5.26 Å². The third-order valence-electron chi connectivity index (χ3n) is 3.79. The van der Waals surface area contributed by atoms with Crippen LogP contribution in [-0.2, 0) is 9.59 Å². The fourth-order valence-corrected chi connectivity index (χ4v) is 3.60. The van der Waals surface area contributed by atoms with E-state index in [2.05, 4.69) is 11.1 Å². The molecule has 1 aromatic carbocycles. The molecule has 1 aliphatic rings. The van der Waals surface area contributed by atoms with E-state index in [0.717, 1.165) is 10.2 Å². The lowest BCUT2D eigenvalue weighted by Gasteiger charge is -2.19. The maximum atomic E-state index is 12.6. The van der Waals surface area contributed by atoms with Crippen LogP contribution in [0, 0.1) is 11.3 Å². The summed E-state index contributed by atoms with van der Waals surface area (Å²) in [5, 5.41) is 9.89. The number of carbonyl (C=O) groups is 2. The largest absolute Gasteiger partial charge is 0.336 e. The van der Waals surface area contributed by atoms with Crippen molar-refractivity contribution in [1.29, 1.82) is 5.26 Å². The normalized spacial score (nSPS) is 19.7. The molecule has 6 heteroatoms. The van der Waals surface area contributed by atoms with Gasteiger partial charge in [-0.25, -0.2) is 4.98 Å². The van der Waals surface area contributed by atoms with Gasteiger partial charge in [0.15, 0.2) is 11.7 Å². The maximum absolute atomic E-state index is 12.6. The first kappa shape index (κ1) is 13.7. The summed E-state index contributed by atoms with van der Waals surface area (Å²) in [4.78, 5) is 30.0. The number of para-hydroxylation sites is 1. The summed E-state index contributed by atoms with van der Waals surface area (Å²) in [6.07, 6.45) is 0.849. The van der Waals surface area contributed by atoms with Crippen molar-refractivity contribution >= 4 is 33.2 Å². The summed E-state index contributed by atoms with van der Waals surface area (Å²) in [6.45, 7) is 0. The molecule has 1 fully saturated rings. The number of thiazole rings is 1. The Morgan fingerprint density at radius 2 is 2.29 bits per heavy atom. The van der Waals surface area contributed by atoms with Crippen LogP contribution in [0.3, 0.4) is 0 Å². The van der Waals surface area contributed by atoms with Gasteiger partial charge in [0.2, 0.25) is 5.91 Å². The number of hydrogen-bond acceptors (Lipinski definition) is 5. The number of benzene rings is 1. The number of carbonyl (C=O) groups excluding carboxylic acids is 2. The lowest BCUT2D eigenvalue weighted by atomic mass is 9.98. The van der Waals surface area contributed by atoms with Crippen molar-refractivity contribution in [3.63, 3.8) is 0 Å². The van der Waals surface area contributed by atoms with E-state index < -0.39 is 12.0 Å². The van der Waals surface area contributed by atoms with Crippen LogP contribution in [0.5, 0.6) is 0 Å². The SMILES string of the molecule is CN1C(=O)CC[C@H]1C(=O)[C@H](C#N)c1nc2ccccc2s1. The minimum absolute atomic E-state index is 0.0469. The summed E-state index contributed by atoms with van der Waals surface area (Å²) in [5.74, 6) is -1.18. The molecule has 0 aliphatic carbocycles. The fraction of sp³-hybridized carbons (Fsp3) is 0.333. The summed E-state index contributed by atoms with van der Waals surface area (Å²) in [6, 6.07) is 9.10. The molecule has 0 unspecified atom stereocenters. The predicted octanol–water partition coefficient (Wildman–Crippen LogP) is 2.09. The fourth-order valence-electron chi connectivity index (χ4n) is 2.58. The maximum Gasteiger partial charge on any atom is 0.223 e. The number of Topliss-reactive ketones (excluding diaryl/α,β-unsaturated/α-hetero) is 1. The summed E-state index contributed by atoms with van der Waals surface area (Å²) >= 11 is 1.36. The highest BCUT2D eigenvalue weighted by atomic mass is 32.1. The molecular formula is C15H13N3O2S. The van der Waals surface area contributed by atoms with Gasteiger partial charge in [-0.15, -0.1) is 11.3 Å². The Balaban J connectivity index is 1.93. The van der Waals surface area contributed by atoms with E-state index in [1.165, 1.54) is 16.2 Å². The quantitative estimate of drug-likeness (QED) is 0.870. The van der Waals surface area contributed by atoms with Crippen LogP contribution < -0.4 is 0 Å². The Bertz CT molecular complexity index is 729. The molecule has 21 heavy (non-hydrogen) atoms. The molecule has 5 nitrogen and oxygen atoms in total. The first-order chi connectivity index (χ1) is 10.1. The highest BCUT2D eigenvalue weighted by Crippen LogP contribution is 2.30. The number of rotatable bonds is 3. The van der Waals surface area contributed by atoms with Gasteiger partial charge in [0.05, 0.1) is 22.3 Å². The summed E-state index contributed by atoms with van der Waals surface area (Å²) in [5.41, 5.74) is 0.793. The molecule has 2 heterocycles. The molecule has 0 radical (unpaired) electrons. The summed E-state index contributed by atoms with van der Waals surface area (Å²) in [7, 11) is 1.62. The monoisotopic (exact) mass is 299 g/mol. The van der Waals surface area contributed by atoms with Crippen molar-refractivity contribution in [2.24, 2.45) is 0 Å². The van der Waals surface area contributed by atoms with E-state index in [-0.39, 0.29) is 11.7 Å². The number of hydrogen-bond donors (Lipinski definition) is 0. The zero-order valence-electron chi connectivity index (χ0n) is 11.4. The predicted molar refractivity (Wildman–Crippen MR) is 78.8 cm³/mol. The van der Waals surface area contributed by atoms with Crippen molar-refractivity contribution in [2.45, 2.75) is 24.8 Å². The molecule has 0 spiro atoms. The van der Waals surface area contributed by atoms with Crippen molar-refractivity contribution in [2.75, 3.05) is 7.05 Å². The molecule has 0 bridgehead atoms. The smallest absolute Gasteiger partial charge is 0.223 e. The zero-order valence-corrected chi connectivity index (χ0v) is 12.3. The standard InChI is InChI=1S/C15H13N3O2S/c1-18-11(6-7-13(18)19)14(20)9(8-16)15-17-10-4-2-3-5-12(10)21-15/h2-5,9,11H,6-7H2,1H3/t9-,11-/m0/s1. The van der Waals surface area contributed by atoms with Crippen molar-refractivity contribution < 1.29 is 9.59 Å². The third-order valence-corrected chi connectivity index (χ3v) is 4.89. The number of aromatic nitrogens is 1. The minimum Gasteiger partial charge on any atom is -0.336 e. The van der Waals surface area contributed by atoms with Gasteiger partial charge in [0.1, 0.15) is 5.01 Å². The number of ketones is 1. The average molecular weight is 299 g/mol. The highest BCUT2D eigenvalue weighted by molar-refractivity contribution is 7.18. The minimum atomic E-state index is -0.902. The zero-order chi connectivity index (χ0) is 15.0. The first-order valence-electron chi connectivity index (χ1n) is 6.66. The summed E-state index contributed by atoms with van der Waals surface area (Å²) < 4.78 is 0.955. The van der Waals surface area contributed by atoms with E-state index in [1.807, 2.05) is 24.3 Å². The van der Waals surface area contributed by atoms with Gasteiger partial charge < -0.3 is 4.90 Å². The second-order valence-corrected chi connectivity index (χ2v) is 6.11. The van der Waals surface area contributed by atoms with Crippen molar-refractivity contribution in [3.8, 4) is 6.07 Å². The topological polar surface area (TPSA) is 74.1 Å². The number of nitriles is 1. The van der Waals surface area contributed by atoms with Crippen LogP contribution in [0.1, 0.15) is 23.8 Å². The highest BCUT2D eigenvalue weighted by Gasteiger charge is 2.38. The van der Waals surface area contributed by atoms with Crippen LogP contribution in [0.25, 0.3) is 10.2 Å². The number of likely N-dealkylation sites (N-methyl/N-ethyl adjacent to an activating group) is 1. The van der Waals surface area contributed by atoms with E-state index in [4.69, 9.17) is 0 Å². The average Bonchev–Trinajstić information content (AvgIpc) is 3.04. The van der Waals surface area contributed by atoms with Crippen LogP contribution in [0.2, 0.25) is 0 Å². The number of nitrogens with zero attached hydrogens (tertiary/aromatic N) is 3. The first-order valence-corrected chi connectivity index (χ1v) is 7.48. The number of likely N-dealkylation sites (tertiary alicyclic amines) is 1. The van der Waals surface area contributed by atoms with Crippen LogP contribution in [0.4, 0.5) is 0 Å². The molecule has 1 aromatic heterocycles. The number of amides is 1. The van der Waals surface area contributed by atoms with Gasteiger partial charge in [0.25, 0.3) is 0 Å². The van der Waals surface area contributed by atoms with E-state index in [0.29, 0.717) is 17.8 Å². The Morgan fingerprint density at radius 1 is 1.52 bits per heavy atom. The molecule has 3 rings (SSSR count). The van der Waals surface area contributed by atoms with Gasteiger partial charge >= 0.3 is 0 Å². The van der Waals surface area contributed by atoms with Gasteiger partial charge in [-0.05, 0) is 18.6 Å². The molecule has 0 saturated carbocycles. The lowest BCUT2D eigenvalue weighted by molar-refractivity contribution is -0.133. The van der Waals surface area contributed by atoms with Crippen LogP contribution in [0.15, 0.2) is 24.3 Å². The molecule has 2 atom stereocenters. The van der Waals surface area contributed by atoms with E-state index >= 15 is 0 Å². The molecule has 1 saturated heterocycles. The van der Waals surface area contributed by atoms with Gasteiger partial charge in [-0.3, -0.25) is 9.59 Å². The van der Waals surface area contributed by atoms with Crippen molar-refractivity contribution in [1.82, 2.24) is 9.88 Å². The Hall–Kier alpha value is -2.26. The Labute approximate surface area is 125 Å². The number of fused-ring (bicyclic) bond motifs is 1. The van der Waals surface area contributed by atoms with Crippen LogP contribution in [-0.4, -0.2) is 34.7 Å². The second kappa shape index (κ2) is 5.26. The Morgan fingerprint density at radius 3 is 2.90 bits per heavy atom. The van der Waals surface area contributed by atoms with E-state index in [9.17, 15) is 14.9 Å². The molecule has 1 aliphatic heterocycles.